The van der Waals surface area contributed by atoms with Gasteiger partial charge in [-0.25, -0.2) is 9.67 Å². The molecule has 0 radical (unpaired) electrons. The Morgan fingerprint density at radius 3 is 2.53 bits per heavy atom. The van der Waals surface area contributed by atoms with Gasteiger partial charge in [0.05, 0.1) is 17.6 Å². The third-order valence-electron chi connectivity index (χ3n) is 4.37. The molecule has 2 heterocycles. The van der Waals surface area contributed by atoms with E-state index in [0.717, 1.165) is 33.7 Å². The van der Waals surface area contributed by atoms with Crippen LogP contribution in [-0.4, -0.2) is 25.8 Å². The van der Waals surface area contributed by atoms with E-state index in [-0.39, 0.29) is 0 Å². The van der Waals surface area contributed by atoms with Gasteiger partial charge in [-0.2, -0.15) is 10.2 Å². The molecule has 5 nitrogen and oxygen atoms in total. The molecule has 156 valence electrons. The minimum atomic E-state index is 0.673. The summed E-state index contributed by atoms with van der Waals surface area (Å²) in [5, 5.41) is 11.5. The Labute approximate surface area is 179 Å². The zero-order valence-corrected chi connectivity index (χ0v) is 18.8. The van der Waals surface area contributed by atoms with Crippen molar-refractivity contribution in [1.29, 1.82) is 0 Å². The Morgan fingerprint density at radius 1 is 1.17 bits per heavy atom. The van der Waals surface area contributed by atoms with Crippen molar-refractivity contribution in [1.82, 2.24) is 20.0 Å². The van der Waals surface area contributed by atoms with Gasteiger partial charge >= 0.3 is 0 Å². The van der Waals surface area contributed by atoms with Crippen LogP contribution in [0.15, 0.2) is 83.9 Å². The van der Waals surface area contributed by atoms with Crippen LogP contribution >= 0.6 is 0 Å². The van der Waals surface area contributed by atoms with E-state index in [0.29, 0.717) is 5.84 Å². The summed E-state index contributed by atoms with van der Waals surface area (Å²) in [5.41, 5.74) is 7.29. The average molecular weight is 402 g/mol. The van der Waals surface area contributed by atoms with Crippen LogP contribution in [0.4, 0.5) is 0 Å². The molecule has 0 unspecified atom stereocenters. The van der Waals surface area contributed by atoms with E-state index in [1.54, 1.807) is 17.0 Å². The first kappa shape index (κ1) is 22.8. The van der Waals surface area contributed by atoms with Gasteiger partial charge in [0.1, 0.15) is 0 Å². The number of aromatic nitrogens is 4. The standard InChI is InChI=1S/C23H25N5.C2H6/c1-6-23(26-22(16(2)3)13-18(5)20-14-24-25-15-20)28-11-10-21(27-28)19-9-7-8-17(4)12-19;1-2/h6-15H,1H2,2-5H3,(H,24,25);1-2H3/b18-13+,26-23?;. The third kappa shape index (κ3) is 5.77. The van der Waals surface area contributed by atoms with Gasteiger partial charge in [0.15, 0.2) is 5.84 Å². The molecular weight excluding hydrogens is 370 g/mol. The van der Waals surface area contributed by atoms with Crippen LogP contribution < -0.4 is 0 Å². The SMILES string of the molecule is C=CC(=NC(/C=C(\C)c1cn[nH]c1)=C(C)C)n1ccc(-c2cccc(C)c2)n1.CC. The Kier molecular flexibility index (Phi) is 8.29. The third-order valence-corrected chi connectivity index (χ3v) is 4.37. The maximum Gasteiger partial charge on any atom is 0.153 e. The van der Waals surface area contributed by atoms with Crippen LogP contribution in [0.3, 0.4) is 0 Å². The monoisotopic (exact) mass is 401 g/mol. The highest BCUT2D eigenvalue weighted by Crippen LogP contribution is 2.20. The topological polar surface area (TPSA) is 58.9 Å². The van der Waals surface area contributed by atoms with Gasteiger partial charge in [-0.05, 0) is 57.6 Å². The second kappa shape index (κ2) is 10.9. The highest BCUT2D eigenvalue weighted by molar-refractivity contribution is 5.95. The summed E-state index contributed by atoms with van der Waals surface area (Å²) < 4.78 is 1.76. The van der Waals surface area contributed by atoms with Crippen molar-refractivity contribution in [3.63, 3.8) is 0 Å². The molecule has 0 aliphatic carbocycles. The van der Waals surface area contributed by atoms with Gasteiger partial charge in [0, 0.05) is 23.5 Å². The van der Waals surface area contributed by atoms with Gasteiger partial charge in [-0.1, -0.05) is 49.8 Å². The quantitative estimate of drug-likeness (QED) is 0.304. The first-order chi connectivity index (χ1) is 14.5. The number of aromatic amines is 1. The first-order valence-corrected chi connectivity index (χ1v) is 10.2. The van der Waals surface area contributed by atoms with Crippen LogP contribution in [0.1, 0.15) is 45.7 Å². The van der Waals surface area contributed by atoms with Gasteiger partial charge in [0.2, 0.25) is 0 Å². The normalized spacial score (nSPS) is 11.5. The molecule has 0 aliphatic heterocycles. The predicted octanol–water partition coefficient (Wildman–Crippen LogP) is 6.44. The molecule has 3 aromatic rings. The summed E-state index contributed by atoms with van der Waals surface area (Å²) in [7, 11) is 0. The Hall–Kier alpha value is -3.47. The van der Waals surface area contributed by atoms with Gasteiger partial charge in [-0.15, -0.1) is 0 Å². The van der Waals surface area contributed by atoms with Crippen molar-refractivity contribution in [2.45, 2.75) is 41.5 Å². The number of nitrogens with zero attached hydrogens (tertiary/aromatic N) is 4. The van der Waals surface area contributed by atoms with E-state index in [1.807, 2.05) is 59.1 Å². The number of allylic oxidation sites excluding steroid dienone is 4. The molecule has 0 fully saturated rings. The Balaban J connectivity index is 0.00000155. The van der Waals surface area contributed by atoms with Crippen LogP contribution in [0.5, 0.6) is 0 Å². The predicted molar refractivity (Wildman–Crippen MR) is 127 cm³/mol. The van der Waals surface area contributed by atoms with E-state index in [2.05, 4.69) is 48.0 Å². The van der Waals surface area contributed by atoms with Crippen molar-refractivity contribution in [2.75, 3.05) is 0 Å². The van der Waals surface area contributed by atoms with Crippen molar-refractivity contribution >= 4 is 11.4 Å². The molecule has 0 saturated carbocycles. The minimum absolute atomic E-state index is 0.673. The fraction of sp³-hybridized carbons (Fsp3) is 0.240. The van der Waals surface area contributed by atoms with Crippen molar-refractivity contribution in [2.24, 2.45) is 4.99 Å². The average Bonchev–Trinajstić information content (AvgIpc) is 3.44. The second-order valence-corrected chi connectivity index (χ2v) is 6.89. The van der Waals surface area contributed by atoms with Crippen molar-refractivity contribution in [3.05, 3.63) is 90.1 Å². The lowest BCUT2D eigenvalue weighted by Gasteiger charge is -2.06. The lowest BCUT2D eigenvalue weighted by molar-refractivity contribution is 0.938. The van der Waals surface area contributed by atoms with E-state index < -0.39 is 0 Å². The maximum absolute atomic E-state index is 4.81. The molecule has 0 atom stereocenters. The van der Waals surface area contributed by atoms with E-state index in [9.17, 15) is 0 Å². The number of rotatable bonds is 5. The molecule has 0 bridgehead atoms. The first-order valence-electron chi connectivity index (χ1n) is 10.2. The molecule has 0 saturated heterocycles. The van der Waals surface area contributed by atoms with Crippen molar-refractivity contribution in [3.8, 4) is 11.3 Å². The molecule has 2 aromatic heterocycles. The fourth-order valence-electron chi connectivity index (χ4n) is 2.77. The smallest absolute Gasteiger partial charge is 0.153 e. The summed E-state index contributed by atoms with van der Waals surface area (Å²) in [6.45, 7) is 16.1. The number of aryl methyl sites for hydroxylation is 1. The van der Waals surface area contributed by atoms with Crippen molar-refractivity contribution < 1.29 is 0 Å². The molecule has 30 heavy (non-hydrogen) atoms. The number of hydrogen-bond donors (Lipinski definition) is 1. The largest absolute Gasteiger partial charge is 0.285 e. The molecule has 5 heteroatoms. The number of hydrogen-bond acceptors (Lipinski definition) is 3. The zero-order valence-electron chi connectivity index (χ0n) is 18.8. The van der Waals surface area contributed by atoms with Gasteiger partial charge in [-0.3, -0.25) is 5.10 Å². The van der Waals surface area contributed by atoms with Crippen LogP contribution in [0, 0.1) is 6.92 Å². The summed E-state index contributed by atoms with van der Waals surface area (Å²) in [4.78, 5) is 4.81. The lowest BCUT2D eigenvalue weighted by Crippen LogP contribution is -2.10. The molecule has 3 rings (SSSR count). The summed E-state index contributed by atoms with van der Waals surface area (Å²) in [6, 6.07) is 10.3. The van der Waals surface area contributed by atoms with E-state index in [4.69, 9.17) is 10.1 Å². The number of nitrogens with one attached hydrogen (secondary N) is 1. The highest BCUT2D eigenvalue weighted by Gasteiger charge is 2.07. The molecule has 0 amide bonds. The molecule has 1 N–H and O–H groups in total. The van der Waals surface area contributed by atoms with E-state index in [1.165, 1.54) is 5.56 Å². The number of H-pyrrole nitrogens is 1. The second-order valence-electron chi connectivity index (χ2n) is 6.89. The van der Waals surface area contributed by atoms with Gasteiger partial charge in [0.25, 0.3) is 0 Å². The van der Waals surface area contributed by atoms with Gasteiger partial charge < -0.3 is 0 Å². The van der Waals surface area contributed by atoms with E-state index >= 15 is 0 Å². The zero-order chi connectivity index (χ0) is 22.1. The highest BCUT2D eigenvalue weighted by atomic mass is 15.3. The molecular formula is C25H31N5. The number of benzene rings is 1. The van der Waals surface area contributed by atoms with Crippen LogP contribution in [-0.2, 0) is 0 Å². The summed E-state index contributed by atoms with van der Waals surface area (Å²) >= 11 is 0. The minimum Gasteiger partial charge on any atom is -0.285 e. The van der Waals surface area contributed by atoms with Crippen LogP contribution in [0.25, 0.3) is 16.8 Å². The maximum atomic E-state index is 4.81. The summed E-state index contributed by atoms with van der Waals surface area (Å²) in [5.74, 6) is 0.673. The molecule has 0 aliphatic rings. The van der Waals surface area contributed by atoms with Crippen LogP contribution in [0.2, 0.25) is 0 Å². The Morgan fingerprint density at radius 2 is 1.93 bits per heavy atom. The number of aliphatic imine (C=N–C) groups is 1. The summed E-state index contributed by atoms with van der Waals surface area (Å²) in [6.07, 6.45) is 9.35. The molecule has 0 spiro atoms. The lowest BCUT2D eigenvalue weighted by atomic mass is 10.1. The Bertz CT molecular complexity index is 1060. The molecule has 1 aromatic carbocycles. The fourth-order valence-corrected chi connectivity index (χ4v) is 2.77.